The van der Waals surface area contributed by atoms with Gasteiger partial charge in [0.2, 0.25) is 0 Å². The van der Waals surface area contributed by atoms with Gasteiger partial charge in [0, 0.05) is 23.9 Å². The zero-order valence-corrected chi connectivity index (χ0v) is 18.8. The van der Waals surface area contributed by atoms with Gasteiger partial charge in [-0.15, -0.1) is 0 Å². The minimum Gasteiger partial charge on any atom is -0.511 e. The summed E-state index contributed by atoms with van der Waals surface area (Å²) in [6.07, 6.45) is -3.18. The van der Waals surface area contributed by atoms with E-state index in [9.17, 15) is 27.5 Å². The normalized spacial score (nSPS) is 17.5. The predicted octanol–water partition coefficient (Wildman–Crippen LogP) is 6.45. The van der Waals surface area contributed by atoms with Crippen LogP contribution in [0.25, 0.3) is 0 Å². The SMILES string of the molecule is CCO/N=C(/CC)C1=C(O)CC(c2ccc(Sc3ncc(C(F)(F)F)cc3F)cc2)CC1=O. The lowest BCUT2D eigenvalue weighted by atomic mass is 9.81. The first-order valence-corrected chi connectivity index (χ1v) is 11.1. The van der Waals surface area contributed by atoms with E-state index >= 15 is 0 Å². The molecule has 1 N–H and O–H groups in total. The summed E-state index contributed by atoms with van der Waals surface area (Å²) in [4.78, 5) is 21.9. The Bertz CT molecular complexity index is 1080. The molecule has 0 aliphatic heterocycles. The molecule has 1 heterocycles. The maximum absolute atomic E-state index is 14.1. The summed E-state index contributed by atoms with van der Waals surface area (Å²) >= 11 is 0.896. The number of Topliss-reactive ketones (excluding diaryl/α,β-unsaturated/α-hetero) is 1. The molecule has 0 bridgehead atoms. The minimum absolute atomic E-state index is 0.0361. The van der Waals surface area contributed by atoms with Crippen LogP contribution in [0.5, 0.6) is 0 Å². The Morgan fingerprint density at radius 1 is 1.24 bits per heavy atom. The number of halogens is 4. The zero-order chi connectivity index (χ0) is 24.2. The standard InChI is InChI=1S/C23H22F4N2O3S/c1-3-18(29-32-4-2)21-19(30)9-14(10-20(21)31)13-5-7-16(8-6-13)33-22-17(24)11-15(12-28-22)23(25,26)27/h5-8,11-12,14,30H,3-4,9-10H2,1-2H3/b29-18-. The van der Waals surface area contributed by atoms with Crippen LogP contribution in [-0.2, 0) is 15.8 Å². The van der Waals surface area contributed by atoms with E-state index in [0.717, 1.165) is 17.3 Å². The number of pyridine rings is 1. The number of aliphatic hydroxyl groups excluding tert-OH is 1. The zero-order valence-electron chi connectivity index (χ0n) is 17.9. The molecule has 0 fully saturated rings. The molecule has 0 radical (unpaired) electrons. The van der Waals surface area contributed by atoms with Crippen molar-refractivity contribution >= 4 is 23.3 Å². The van der Waals surface area contributed by atoms with Crippen LogP contribution < -0.4 is 0 Å². The maximum Gasteiger partial charge on any atom is 0.417 e. The van der Waals surface area contributed by atoms with E-state index in [2.05, 4.69) is 10.1 Å². The number of allylic oxidation sites excluding steroid dienone is 2. The van der Waals surface area contributed by atoms with Gasteiger partial charge in [-0.05, 0) is 43.0 Å². The molecule has 0 spiro atoms. The van der Waals surface area contributed by atoms with Crippen LogP contribution in [0.15, 0.2) is 62.9 Å². The smallest absolute Gasteiger partial charge is 0.417 e. The fourth-order valence-corrected chi connectivity index (χ4v) is 4.22. The van der Waals surface area contributed by atoms with Crippen molar-refractivity contribution in [3.05, 3.63) is 64.8 Å². The summed E-state index contributed by atoms with van der Waals surface area (Å²) in [6.45, 7) is 3.95. The molecule has 1 aliphatic rings. The predicted molar refractivity (Wildman–Crippen MR) is 116 cm³/mol. The van der Waals surface area contributed by atoms with Gasteiger partial charge in [0.1, 0.15) is 17.4 Å². The van der Waals surface area contributed by atoms with E-state index in [-0.39, 0.29) is 40.9 Å². The average molecular weight is 482 g/mol. The van der Waals surface area contributed by atoms with E-state index in [0.29, 0.717) is 35.9 Å². The highest BCUT2D eigenvalue weighted by Gasteiger charge is 2.32. The lowest BCUT2D eigenvalue weighted by Crippen LogP contribution is -2.23. The number of hydrogen-bond donors (Lipinski definition) is 1. The molecular formula is C23H22F4N2O3S. The van der Waals surface area contributed by atoms with Crippen LogP contribution in [0.3, 0.4) is 0 Å². The first-order valence-electron chi connectivity index (χ1n) is 10.3. The third-order valence-electron chi connectivity index (χ3n) is 5.07. The summed E-state index contributed by atoms with van der Waals surface area (Å²) in [7, 11) is 0. The largest absolute Gasteiger partial charge is 0.511 e. The summed E-state index contributed by atoms with van der Waals surface area (Å²) in [5, 5.41) is 14.3. The van der Waals surface area contributed by atoms with Crippen molar-refractivity contribution in [1.29, 1.82) is 0 Å². The Morgan fingerprint density at radius 3 is 2.48 bits per heavy atom. The quantitative estimate of drug-likeness (QED) is 0.279. The van der Waals surface area contributed by atoms with Crippen molar-refractivity contribution in [2.45, 2.75) is 55.1 Å². The molecule has 0 saturated carbocycles. The minimum atomic E-state index is -4.66. The second-order valence-electron chi connectivity index (χ2n) is 7.34. The fourth-order valence-electron chi connectivity index (χ4n) is 3.46. The number of aromatic nitrogens is 1. The highest BCUT2D eigenvalue weighted by atomic mass is 32.2. The molecule has 176 valence electrons. The van der Waals surface area contributed by atoms with Crippen LogP contribution in [0, 0.1) is 5.82 Å². The van der Waals surface area contributed by atoms with E-state index in [4.69, 9.17) is 4.84 Å². The number of ketones is 1. The van der Waals surface area contributed by atoms with Gasteiger partial charge < -0.3 is 9.94 Å². The van der Waals surface area contributed by atoms with Crippen molar-refractivity contribution in [3.8, 4) is 0 Å². The lowest BCUT2D eigenvalue weighted by Gasteiger charge is -2.24. The second kappa shape index (κ2) is 10.4. The highest BCUT2D eigenvalue weighted by molar-refractivity contribution is 7.99. The number of alkyl halides is 3. The van der Waals surface area contributed by atoms with Gasteiger partial charge in [0.15, 0.2) is 11.6 Å². The number of nitrogens with zero attached hydrogens (tertiary/aromatic N) is 2. The molecule has 33 heavy (non-hydrogen) atoms. The molecule has 1 aliphatic carbocycles. The molecule has 1 aromatic carbocycles. The highest BCUT2D eigenvalue weighted by Crippen LogP contribution is 2.37. The number of hydrogen-bond acceptors (Lipinski definition) is 6. The summed E-state index contributed by atoms with van der Waals surface area (Å²) < 4.78 is 52.1. The monoisotopic (exact) mass is 482 g/mol. The average Bonchev–Trinajstić information content (AvgIpc) is 2.76. The molecule has 0 amide bonds. The van der Waals surface area contributed by atoms with Gasteiger partial charge in [-0.1, -0.05) is 36.0 Å². The summed E-state index contributed by atoms with van der Waals surface area (Å²) in [5.74, 6) is -1.56. The van der Waals surface area contributed by atoms with Gasteiger partial charge in [-0.25, -0.2) is 9.37 Å². The molecule has 1 unspecified atom stereocenters. The number of carbonyl (C=O) groups excluding carboxylic acids is 1. The van der Waals surface area contributed by atoms with Gasteiger partial charge in [0.25, 0.3) is 0 Å². The molecule has 10 heteroatoms. The number of carbonyl (C=O) groups is 1. The molecule has 3 rings (SSSR count). The summed E-state index contributed by atoms with van der Waals surface area (Å²) in [6, 6.07) is 7.26. The van der Waals surface area contributed by atoms with Crippen LogP contribution in [0.1, 0.15) is 50.2 Å². The number of aliphatic hydroxyl groups is 1. The van der Waals surface area contributed by atoms with Gasteiger partial charge >= 0.3 is 6.18 Å². The fraction of sp³-hybridized carbons (Fsp3) is 0.348. The van der Waals surface area contributed by atoms with Crippen LogP contribution >= 0.6 is 11.8 Å². The van der Waals surface area contributed by atoms with Crippen molar-refractivity contribution in [2.75, 3.05) is 6.61 Å². The first kappa shape index (κ1) is 24.8. The molecule has 5 nitrogen and oxygen atoms in total. The van der Waals surface area contributed by atoms with E-state index in [1.165, 1.54) is 0 Å². The molecular weight excluding hydrogens is 460 g/mol. The summed E-state index contributed by atoms with van der Waals surface area (Å²) in [5.41, 5.74) is 0.277. The Morgan fingerprint density at radius 2 is 1.94 bits per heavy atom. The molecule has 1 atom stereocenters. The van der Waals surface area contributed by atoms with E-state index in [1.807, 2.05) is 6.92 Å². The second-order valence-corrected chi connectivity index (χ2v) is 8.40. The number of rotatable bonds is 7. The first-order chi connectivity index (χ1) is 15.6. The lowest BCUT2D eigenvalue weighted by molar-refractivity contribution is -0.138. The van der Waals surface area contributed by atoms with Gasteiger partial charge in [-0.3, -0.25) is 4.79 Å². The topological polar surface area (TPSA) is 71.8 Å². The molecule has 0 saturated heterocycles. The van der Waals surface area contributed by atoms with E-state index in [1.54, 1.807) is 31.2 Å². The Kier molecular flexibility index (Phi) is 7.78. The van der Waals surface area contributed by atoms with Crippen LogP contribution in [-0.4, -0.2) is 28.2 Å². The van der Waals surface area contributed by atoms with Gasteiger partial charge in [0.05, 0.1) is 16.8 Å². The van der Waals surface area contributed by atoms with Crippen LogP contribution in [0.4, 0.5) is 17.6 Å². The van der Waals surface area contributed by atoms with E-state index < -0.39 is 17.6 Å². The van der Waals surface area contributed by atoms with Crippen molar-refractivity contribution in [2.24, 2.45) is 5.16 Å². The molecule has 2 aromatic rings. The Labute approximate surface area is 192 Å². The third-order valence-corrected chi connectivity index (χ3v) is 6.07. The molecule has 1 aromatic heterocycles. The third kappa shape index (κ3) is 5.93. The number of benzene rings is 1. The van der Waals surface area contributed by atoms with Crippen molar-refractivity contribution in [3.63, 3.8) is 0 Å². The number of oxime groups is 1. The van der Waals surface area contributed by atoms with Crippen molar-refractivity contribution < 1.29 is 32.3 Å². The Balaban J connectivity index is 1.74. The maximum atomic E-state index is 14.1. The van der Waals surface area contributed by atoms with Gasteiger partial charge in [-0.2, -0.15) is 13.2 Å². The van der Waals surface area contributed by atoms with Crippen LogP contribution in [0.2, 0.25) is 0 Å². The Hall–Kier alpha value is -2.88. The van der Waals surface area contributed by atoms with Crippen molar-refractivity contribution in [1.82, 2.24) is 4.98 Å².